The van der Waals surface area contributed by atoms with Crippen LogP contribution in [0.25, 0.3) is 0 Å². The van der Waals surface area contributed by atoms with E-state index >= 15 is 0 Å². The highest BCUT2D eigenvalue weighted by Crippen LogP contribution is 2.30. The molecule has 0 aromatic rings. The van der Waals surface area contributed by atoms with E-state index in [1.54, 1.807) is 0 Å². The van der Waals surface area contributed by atoms with Crippen molar-refractivity contribution in [1.82, 2.24) is 5.32 Å². The van der Waals surface area contributed by atoms with E-state index in [1.165, 1.54) is 167 Å². The maximum absolute atomic E-state index is 13.3. The Morgan fingerprint density at radius 1 is 0.446 bits per heavy atom. The molecule has 14 heteroatoms. The number of unbranched alkanes of at least 4 members (excludes halogenated alkanes) is 32. The number of rotatable bonds is 55. The Labute approximate surface area is 505 Å². The third-order valence-electron chi connectivity index (χ3n) is 16.5. The van der Waals surface area contributed by atoms with Crippen LogP contribution in [0.15, 0.2) is 60.8 Å². The van der Waals surface area contributed by atoms with Crippen LogP contribution in [0, 0.1) is 0 Å². The minimum atomic E-state index is -1.78. The van der Waals surface area contributed by atoms with E-state index in [1.807, 2.05) is 0 Å². The average molecular weight is 1180 g/mol. The maximum Gasteiger partial charge on any atom is 0.220 e. The highest BCUT2D eigenvalue weighted by molar-refractivity contribution is 5.76. The molecule has 484 valence electrons. The van der Waals surface area contributed by atoms with Crippen molar-refractivity contribution in [2.24, 2.45) is 0 Å². The van der Waals surface area contributed by atoms with Crippen molar-refractivity contribution in [3.05, 3.63) is 60.8 Å². The second kappa shape index (κ2) is 53.9. The van der Waals surface area contributed by atoms with Gasteiger partial charge in [0, 0.05) is 6.42 Å². The third-order valence-corrected chi connectivity index (χ3v) is 16.5. The molecular formula is C69H125NO13. The summed E-state index contributed by atoms with van der Waals surface area (Å²) in [5.41, 5.74) is 0. The monoisotopic (exact) mass is 1180 g/mol. The lowest BCUT2D eigenvalue weighted by atomic mass is 9.97. The lowest BCUT2D eigenvalue weighted by Gasteiger charge is -2.46. The normalized spacial score (nSPS) is 24.2. The summed E-state index contributed by atoms with van der Waals surface area (Å²) in [5, 5.41) is 87.6. The number of nitrogens with one attached hydrogen (secondary N) is 1. The van der Waals surface area contributed by atoms with Crippen LogP contribution in [0.5, 0.6) is 0 Å². The minimum absolute atomic E-state index is 0.207. The van der Waals surface area contributed by atoms with Crippen LogP contribution in [-0.4, -0.2) is 140 Å². The van der Waals surface area contributed by atoms with Gasteiger partial charge in [-0.05, 0) is 57.8 Å². The van der Waals surface area contributed by atoms with Crippen LogP contribution >= 0.6 is 0 Å². The summed E-state index contributed by atoms with van der Waals surface area (Å²) in [6, 6.07) is -0.832. The predicted molar refractivity (Wildman–Crippen MR) is 337 cm³/mol. The topological polar surface area (TPSA) is 228 Å². The molecule has 0 bridgehead atoms. The molecule has 12 unspecified atom stereocenters. The van der Waals surface area contributed by atoms with E-state index < -0.39 is 86.8 Å². The van der Waals surface area contributed by atoms with Gasteiger partial charge in [0.1, 0.15) is 48.8 Å². The van der Waals surface area contributed by atoms with Crippen LogP contribution in [0.2, 0.25) is 0 Å². The molecule has 2 aliphatic rings. The van der Waals surface area contributed by atoms with Crippen LogP contribution in [0.3, 0.4) is 0 Å². The third kappa shape index (κ3) is 38.6. The summed E-state index contributed by atoms with van der Waals surface area (Å²) < 4.78 is 22.9. The van der Waals surface area contributed by atoms with Crippen molar-refractivity contribution in [3.8, 4) is 0 Å². The second-order valence-electron chi connectivity index (χ2n) is 23.9. The molecule has 12 atom stereocenters. The van der Waals surface area contributed by atoms with Gasteiger partial charge in [0.15, 0.2) is 12.6 Å². The Kier molecular flexibility index (Phi) is 49.9. The molecule has 2 heterocycles. The van der Waals surface area contributed by atoms with Crippen molar-refractivity contribution in [2.45, 2.75) is 351 Å². The highest BCUT2D eigenvalue weighted by Gasteiger charge is 2.51. The van der Waals surface area contributed by atoms with Crippen molar-refractivity contribution < 1.29 is 64.6 Å². The summed E-state index contributed by atoms with van der Waals surface area (Å²) in [6.45, 7) is 2.78. The van der Waals surface area contributed by atoms with Crippen molar-refractivity contribution in [3.63, 3.8) is 0 Å². The van der Waals surface area contributed by atoms with Crippen LogP contribution < -0.4 is 5.32 Å². The maximum atomic E-state index is 13.3. The number of aliphatic hydroxyl groups is 8. The fourth-order valence-electron chi connectivity index (χ4n) is 11.1. The van der Waals surface area contributed by atoms with Crippen LogP contribution in [0.1, 0.15) is 277 Å². The minimum Gasteiger partial charge on any atom is -0.394 e. The first kappa shape index (κ1) is 76.8. The van der Waals surface area contributed by atoms with Gasteiger partial charge in [-0.3, -0.25) is 4.79 Å². The lowest BCUT2D eigenvalue weighted by molar-refractivity contribution is -0.359. The molecular weight excluding hydrogens is 1050 g/mol. The molecule has 1 amide bonds. The van der Waals surface area contributed by atoms with Crippen molar-refractivity contribution in [1.29, 1.82) is 0 Å². The van der Waals surface area contributed by atoms with Gasteiger partial charge >= 0.3 is 0 Å². The van der Waals surface area contributed by atoms with E-state index in [4.69, 9.17) is 18.9 Å². The molecule has 83 heavy (non-hydrogen) atoms. The molecule has 2 rings (SSSR count). The summed E-state index contributed by atoms with van der Waals surface area (Å²) in [4.78, 5) is 13.3. The summed E-state index contributed by atoms with van der Waals surface area (Å²) >= 11 is 0. The number of amides is 1. The fourth-order valence-corrected chi connectivity index (χ4v) is 11.1. The molecule has 2 aliphatic heterocycles. The first-order valence-electron chi connectivity index (χ1n) is 34.0. The van der Waals surface area contributed by atoms with Gasteiger partial charge in [0.05, 0.1) is 32.0 Å². The molecule has 0 aromatic carbocycles. The number of aliphatic hydroxyl groups excluding tert-OH is 8. The number of carbonyl (C=O) groups excluding carboxylic acids is 1. The van der Waals surface area contributed by atoms with Gasteiger partial charge in [-0.25, -0.2) is 0 Å². The Morgan fingerprint density at radius 2 is 0.831 bits per heavy atom. The van der Waals surface area contributed by atoms with E-state index in [0.29, 0.717) is 12.8 Å². The van der Waals surface area contributed by atoms with Crippen LogP contribution in [-0.2, 0) is 23.7 Å². The van der Waals surface area contributed by atoms with Gasteiger partial charge in [0.25, 0.3) is 0 Å². The molecule has 0 spiro atoms. The number of carbonyl (C=O) groups is 1. The predicted octanol–water partition coefficient (Wildman–Crippen LogP) is 13.3. The van der Waals surface area contributed by atoms with Crippen molar-refractivity contribution in [2.75, 3.05) is 19.8 Å². The average Bonchev–Trinajstić information content (AvgIpc) is 3.65. The standard InChI is InChI=1S/C69H125NO13/c1-3-5-7-9-11-13-15-17-19-21-23-25-26-27-28-29-30-31-32-33-35-37-39-41-43-45-47-49-51-53-61(74)70-57(58(73)52-50-48-46-44-42-40-38-36-34-24-22-20-18-16-14-12-10-8-6-4-2)56-80-68-66(79)64(77)67(60(55-72)82-68)83-69-65(78)63(76)62(75)59(54-71)81-69/h5,7,11,13,17,19,23,25,27-28,57-60,62-69,71-73,75-79H,3-4,6,8-10,12,14-16,18,20-22,24,26,29-56H2,1-2H3,(H,70,74)/b7-5-,13-11-,19-17-,25-23-,28-27-. The van der Waals surface area contributed by atoms with E-state index in [9.17, 15) is 45.6 Å². The van der Waals surface area contributed by atoms with Gasteiger partial charge in [-0.2, -0.15) is 0 Å². The Bertz CT molecular complexity index is 1620. The molecule has 0 aliphatic carbocycles. The largest absolute Gasteiger partial charge is 0.394 e. The number of hydrogen-bond donors (Lipinski definition) is 9. The Hall–Kier alpha value is -2.31. The summed E-state index contributed by atoms with van der Waals surface area (Å²) in [6.07, 6.45) is 53.6. The zero-order valence-corrected chi connectivity index (χ0v) is 52.4. The van der Waals surface area contributed by atoms with E-state index in [2.05, 4.69) is 79.9 Å². The zero-order chi connectivity index (χ0) is 60.2. The quantitative estimate of drug-likeness (QED) is 0.0204. The van der Waals surface area contributed by atoms with E-state index in [-0.39, 0.29) is 12.5 Å². The highest BCUT2D eigenvalue weighted by atomic mass is 16.7. The molecule has 0 radical (unpaired) electrons. The summed E-state index contributed by atoms with van der Waals surface area (Å²) in [7, 11) is 0. The number of ether oxygens (including phenoxy) is 4. The number of allylic oxidation sites excluding steroid dienone is 10. The SMILES string of the molecule is CC/C=C\C/C=C\C/C=C\C/C=C\C/C=C\CCCCCCCCCCCCCCCC(=O)NC(COC1OC(CO)C(OC2OC(CO)C(O)C(O)C2O)C(O)C1O)C(O)CCCCCCCCCCCCCCCCCCCCCC. The molecule has 14 nitrogen and oxygen atoms in total. The first-order chi connectivity index (χ1) is 40.6. The number of hydrogen-bond acceptors (Lipinski definition) is 13. The lowest BCUT2D eigenvalue weighted by Crippen LogP contribution is -2.65. The van der Waals surface area contributed by atoms with E-state index in [0.717, 1.165) is 83.5 Å². The summed E-state index contributed by atoms with van der Waals surface area (Å²) in [5.74, 6) is -0.207. The van der Waals surface area contributed by atoms with Gasteiger partial charge in [-0.1, -0.05) is 274 Å². The smallest absolute Gasteiger partial charge is 0.220 e. The second-order valence-corrected chi connectivity index (χ2v) is 23.9. The first-order valence-corrected chi connectivity index (χ1v) is 34.0. The van der Waals surface area contributed by atoms with Crippen LogP contribution in [0.4, 0.5) is 0 Å². The molecule has 2 saturated heterocycles. The fraction of sp³-hybridized carbons (Fsp3) is 0.841. The molecule has 9 N–H and O–H groups in total. The van der Waals surface area contributed by atoms with Crippen molar-refractivity contribution >= 4 is 5.91 Å². The zero-order valence-electron chi connectivity index (χ0n) is 52.4. The molecule has 0 saturated carbocycles. The molecule has 2 fully saturated rings. The van der Waals surface area contributed by atoms with Gasteiger partial charge in [-0.15, -0.1) is 0 Å². The molecule has 0 aromatic heterocycles. The van der Waals surface area contributed by atoms with Gasteiger partial charge in [0.2, 0.25) is 5.91 Å². The Morgan fingerprint density at radius 3 is 1.28 bits per heavy atom. The van der Waals surface area contributed by atoms with Gasteiger partial charge < -0.3 is 65.1 Å². The Balaban J connectivity index is 1.68.